The van der Waals surface area contributed by atoms with Crippen LogP contribution in [-0.4, -0.2) is 43.8 Å². The second kappa shape index (κ2) is 10.9. The van der Waals surface area contributed by atoms with Crippen molar-refractivity contribution in [2.45, 2.75) is 40.7 Å². The van der Waals surface area contributed by atoms with Gasteiger partial charge in [-0.1, -0.05) is 39.8 Å². The highest BCUT2D eigenvalue weighted by molar-refractivity contribution is 5.67. The molecule has 0 aliphatic rings. The molecule has 0 saturated heterocycles. The van der Waals surface area contributed by atoms with Crippen molar-refractivity contribution < 1.29 is 14.3 Å². The largest absolute Gasteiger partial charge is 0.492 e. The molecule has 0 fully saturated rings. The molecular formula is C19H32N2O3. The van der Waals surface area contributed by atoms with E-state index in [0.29, 0.717) is 19.1 Å². The minimum Gasteiger partial charge on any atom is -0.492 e. The number of alkyl carbamates (subject to hydrolysis) is 1. The lowest BCUT2D eigenvalue weighted by Crippen LogP contribution is -2.28. The molecule has 1 N–H and O–H groups in total. The zero-order chi connectivity index (χ0) is 17.9. The lowest BCUT2D eigenvalue weighted by atomic mass is 10.1. The second-order valence-corrected chi connectivity index (χ2v) is 6.30. The van der Waals surface area contributed by atoms with Crippen molar-refractivity contribution in [3.63, 3.8) is 0 Å². The Balaban J connectivity index is 2.41. The van der Waals surface area contributed by atoms with Crippen molar-refractivity contribution in [2.75, 3.05) is 32.8 Å². The maximum Gasteiger partial charge on any atom is 0.407 e. The molecule has 0 aliphatic heterocycles. The van der Waals surface area contributed by atoms with E-state index in [1.54, 1.807) is 0 Å². The van der Waals surface area contributed by atoms with Crippen LogP contribution in [0.5, 0.6) is 5.75 Å². The minimum absolute atomic E-state index is 0.102. The number of carbonyl (C=O) groups excluding carboxylic acids is 1. The average Bonchev–Trinajstić information content (AvgIpc) is 2.57. The standard InChI is InChI=1S/C19H32N2O3/c1-6-21(7-2)12-13-23-18-10-8-17(9-11-18)16(5)20-19(22)24-14-15(3)4/h8-11,15-16H,6-7,12-14H2,1-5H3,(H,20,22)/t16-/m0/s1. The third kappa shape index (κ3) is 7.68. The Hall–Kier alpha value is -1.75. The molecule has 0 saturated carbocycles. The minimum atomic E-state index is -0.379. The summed E-state index contributed by atoms with van der Waals surface area (Å²) >= 11 is 0. The van der Waals surface area contributed by atoms with Crippen LogP contribution in [0, 0.1) is 5.92 Å². The number of ether oxygens (including phenoxy) is 2. The number of carbonyl (C=O) groups is 1. The summed E-state index contributed by atoms with van der Waals surface area (Å²) in [6, 6.07) is 7.72. The van der Waals surface area contributed by atoms with Gasteiger partial charge in [0.25, 0.3) is 0 Å². The third-order valence-corrected chi connectivity index (χ3v) is 3.83. The van der Waals surface area contributed by atoms with Crippen molar-refractivity contribution in [2.24, 2.45) is 5.92 Å². The highest BCUT2D eigenvalue weighted by atomic mass is 16.5. The Morgan fingerprint density at radius 1 is 1.12 bits per heavy atom. The number of hydrogen-bond donors (Lipinski definition) is 1. The summed E-state index contributed by atoms with van der Waals surface area (Å²) in [6.45, 7) is 14.4. The van der Waals surface area contributed by atoms with Crippen LogP contribution in [0.4, 0.5) is 4.79 Å². The van der Waals surface area contributed by atoms with Crippen molar-refractivity contribution in [1.29, 1.82) is 0 Å². The first-order chi connectivity index (χ1) is 11.5. The molecule has 1 aromatic rings. The molecule has 5 nitrogen and oxygen atoms in total. The van der Waals surface area contributed by atoms with E-state index in [9.17, 15) is 4.79 Å². The Morgan fingerprint density at radius 2 is 1.75 bits per heavy atom. The Labute approximate surface area is 146 Å². The third-order valence-electron chi connectivity index (χ3n) is 3.83. The van der Waals surface area contributed by atoms with E-state index in [-0.39, 0.29) is 12.1 Å². The number of rotatable bonds is 10. The molecule has 1 rings (SSSR count). The number of benzene rings is 1. The molecule has 1 aromatic carbocycles. The summed E-state index contributed by atoms with van der Waals surface area (Å²) in [7, 11) is 0. The fourth-order valence-corrected chi connectivity index (χ4v) is 2.23. The van der Waals surface area contributed by atoms with Crippen LogP contribution in [0.1, 0.15) is 46.2 Å². The van der Waals surface area contributed by atoms with E-state index >= 15 is 0 Å². The van der Waals surface area contributed by atoms with E-state index in [0.717, 1.165) is 30.9 Å². The average molecular weight is 336 g/mol. The van der Waals surface area contributed by atoms with Gasteiger partial charge in [-0.15, -0.1) is 0 Å². The van der Waals surface area contributed by atoms with E-state index in [4.69, 9.17) is 9.47 Å². The molecule has 0 bridgehead atoms. The SMILES string of the molecule is CCN(CC)CCOc1ccc([C@H](C)NC(=O)OCC(C)C)cc1. The molecule has 5 heteroatoms. The quantitative estimate of drug-likeness (QED) is 0.705. The number of amides is 1. The first-order valence-corrected chi connectivity index (χ1v) is 8.84. The van der Waals surface area contributed by atoms with Crippen molar-refractivity contribution in [1.82, 2.24) is 10.2 Å². The monoisotopic (exact) mass is 336 g/mol. The normalized spacial score (nSPS) is 12.3. The lowest BCUT2D eigenvalue weighted by Gasteiger charge is -2.18. The van der Waals surface area contributed by atoms with Crippen LogP contribution >= 0.6 is 0 Å². The van der Waals surface area contributed by atoms with Gasteiger partial charge in [0.15, 0.2) is 0 Å². The van der Waals surface area contributed by atoms with Gasteiger partial charge in [0.05, 0.1) is 12.6 Å². The topological polar surface area (TPSA) is 50.8 Å². The highest BCUT2D eigenvalue weighted by Crippen LogP contribution is 2.17. The zero-order valence-electron chi connectivity index (χ0n) is 15.7. The van der Waals surface area contributed by atoms with Crippen LogP contribution in [-0.2, 0) is 4.74 Å². The molecular weight excluding hydrogens is 304 g/mol. The molecule has 136 valence electrons. The van der Waals surface area contributed by atoms with Crippen molar-refractivity contribution in [3.05, 3.63) is 29.8 Å². The summed E-state index contributed by atoms with van der Waals surface area (Å²) in [6.07, 6.45) is -0.379. The summed E-state index contributed by atoms with van der Waals surface area (Å²) in [5, 5.41) is 2.84. The Kier molecular flexibility index (Phi) is 9.23. The molecule has 0 spiro atoms. The van der Waals surface area contributed by atoms with Gasteiger partial charge in [-0.3, -0.25) is 0 Å². The van der Waals surface area contributed by atoms with Gasteiger partial charge in [-0.25, -0.2) is 4.79 Å². The highest BCUT2D eigenvalue weighted by Gasteiger charge is 2.11. The predicted octanol–water partition coefficient (Wildman–Crippen LogP) is 3.85. The summed E-state index contributed by atoms with van der Waals surface area (Å²) in [5.41, 5.74) is 1.02. The summed E-state index contributed by atoms with van der Waals surface area (Å²) < 4.78 is 10.9. The van der Waals surface area contributed by atoms with Gasteiger partial charge in [0.2, 0.25) is 0 Å². The van der Waals surface area contributed by atoms with Crippen molar-refractivity contribution >= 4 is 6.09 Å². The van der Waals surface area contributed by atoms with Crippen LogP contribution in [0.3, 0.4) is 0 Å². The predicted molar refractivity (Wildman–Crippen MR) is 97.5 cm³/mol. The molecule has 0 unspecified atom stereocenters. The number of nitrogens with one attached hydrogen (secondary N) is 1. The van der Waals surface area contributed by atoms with Gasteiger partial charge < -0.3 is 19.7 Å². The first kappa shape index (κ1) is 20.3. The maximum atomic E-state index is 11.7. The molecule has 1 amide bonds. The Bertz CT molecular complexity index is 470. The van der Waals surface area contributed by atoms with Crippen molar-refractivity contribution in [3.8, 4) is 5.75 Å². The molecule has 0 aliphatic carbocycles. The molecule has 0 radical (unpaired) electrons. The van der Waals surface area contributed by atoms with Gasteiger partial charge in [-0.05, 0) is 43.6 Å². The maximum absolute atomic E-state index is 11.7. The van der Waals surface area contributed by atoms with Gasteiger partial charge >= 0.3 is 6.09 Å². The number of hydrogen-bond acceptors (Lipinski definition) is 4. The molecule has 24 heavy (non-hydrogen) atoms. The zero-order valence-corrected chi connectivity index (χ0v) is 15.7. The van der Waals surface area contributed by atoms with E-state index in [1.807, 2.05) is 45.0 Å². The van der Waals surface area contributed by atoms with Crippen LogP contribution in [0.2, 0.25) is 0 Å². The summed E-state index contributed by atoms with van der Waals surface area (Å²) in [4.78, 5) is 14.0. The van der Waals surface area contributed by atoms with E-state index < -0.39 is 0 Å². The fourth-order valence-electron chi connectivity index (χ4n) is 2.23. The molecule has 1 atom stereocenters. The van der Waals surface area contributed by atoms with Gasteiger partial charge in [0.1, 0.15) is 12.4 Å². The van der Waals surface area contributed by atoms with E-state index in [2.05, 4.69) is 24.1 Å². The van der Waals surface area contributed by atoms with E-state index in [1.165, 1.54) is 0 Å². The second-order valence-electron chi connectivity index (χ2n) is 6.30. The summed E-state index contributed by atoms with van der Waals surface area (Å²) in [5.74, 6) is 1.18. The Morgan fingerprint density at radius 3 is 2.29 bits per heavy atom. The smallest absolute Gasteiger partial charge is 0.407 e. The molecule has 0 heterocycles. The van der Waals surface area contributed by atoms with Gasteiger partial charge in [0, 0.05) is 6.54 Å². The molecule has 0 aromatic heterocycles. The number of likely N-dealkylation sites (N-methyl/N-ethyl adjacent to an activating group) is 1. The van der Waals surface area contributed by atoms with Crippen LogP contribution in [0.15, 0.2) is 24.3 Å². The van der Waals surface area contributed by atoms with Gasteiger partial charge in [-0.2, -0.15) is 0 Å². The van der Waals surface area contributed by atoms with Crippen LogP contribution in [0.25, 0.3) is 0 Å². The van der Waals surface area contributed by atoms with Crippen LogP contribution < -0.4 is 10.1 Å². The number of nitrogens with zero attached hydrogens (tertiary/aromatic N) is 1. The lowest BCUT2D eigenvalue weighted by molar-refractivity contribution is 0.130. The fraction of sp³-hybridized carbons (Fsp3) is 0.632. The first-order valence-electron chi connectivity index (χ1n) is 8.84.